The Morgan fingerprint density at radius 3 is 2.72 bits per heavy atom. The average molecular weight is 390 g/mol. The first-order valence-electron chi connectivity index (χ1n) is 7.50. The minimum absolute atomic E-state index is 0.136. The van der Waals surface area contributed by atoms with E-state index in [2.05, 4.69) is 0 Å². The molecule has 2 atom stereocenters. The van der Waals surface area contributed by atoms with E-state index in [0.29, 0.717) is 5.56 Å². The topological polar surface area (TPSA) is 72.9 Å². The van der Waals surface area contributed by atoms with Crippen LogP contribution in [-0.4, -0.2) is 48.3 Å². The van der Waals surface area contributed by atoms with Crippen molar-refractivity contribution in [3.63, 3.8) is 0 Å². The zero-order chi connectivity index (χ0) is 18.6. The van der Waals surface area contributed by atoms with Gasteiger partial charge in [0.15, 0.2) is 0 Å². The van der Waals surface area contributed by atoms with Gasteiger partial charge in [0, 0.05) is 16.3 Å². The number of esters is 2. The van der Waals surface area contributed by atoms with Crippen LogP contribution < -0.4 is 0 Å². The molecular formula is C16H17ClFNO5S. The van der Waals surface area contributed by atoms with Crippen LogP contribution >= 0.6 is 23.4 Å². The first-order valence-corrected chi connectivity index (χ1v) is 8.92. The molecule has 2 rings (SSSR count). The number of hydrogen-bond acceptors (Lipinski definition) is 6. The Balaban J connectivity index is 2.32. The molecule has 1 unspecified atom stereocenters. The van der Waals surface area contributed by atoms with Crippen molar-refractivity contribution in [1.82, 2.24) is 4.90 Å². The maximum absolute atomic E-state index is 13.3. The van der Waals surface area contributed by atoms with E-state index < -0.39 is 41.5 Å². The predicted molar refractivity (Wildman–Crippen MR) is 90.5 cm³/mol. The van der Waals surface area contributed by atoms with Crippen molar-refractivity contribution in [2.75, 3.05) is 19.5 Å². The molecule has 25 heavy (non-hydrogen) atoms. The van der Waals surface area contributed by atoms with Gasteiger partial charge >= 0.3 is 11.9 Å². The standard InChI is InChI=1S/C16H17ClFNO5S/c1-3-24-14(21)7-13(20)19-12(16(22)23-2)8-25-15(19)10-5-4-9(18)6-11(10)17/h4-6,12,15H,3,7-8H2,1-2H3/t12-,15?/m1/s1. The number of carbonyl (C=O) groups excluding carboxylic acids is 3. The Kier molecular flexibility index (Phi) is 6.66. The highest BCUT2D eigenvalue weighted by atomic mass is 35.5. The average Bonchev–Trinajstić information content (AvgIpc) is 2.99. The van der Waals surface area contributed by atoms with Crippen molar-refractivity contribution in [2.45, 2.75) is 24.8 Å². The number of ether oxygens (including phenoxy) is 2. The lowest BCUT2D eigenvalue weighted by Crippen LogP contribution is -2.44. The summed E-state index contributed by atoms with van der Waals surface area (Å²) in [6, 6.07) is 2.96. The smallest absolute Gasteiger partial charge is 0.329 e. The van der Waals surface area contributed by atoms with Gasteiger partial charge in [-0.25, -0.2) is 9.18 Å². The first-order chi connectivity index (χ1) is 11.9. The number of nitrogens with zero attached hydrogens (tertiary/aromatic N) is 1. The molecule has 0 N–H and O–H groups in total. The van der Waals surface area contributed by atoms with Gasteiger partial charge in [0.1, 0.15) is 23.7 Å². The van der Waals surface area contributed by atoms with Gasteiger partial charge in [-0.3, -0.25) is 9.59 Å². The van der Waals surface area contributed by atoms with Gasteiger partial charge in [-0.15, -0.1) is 11.8 Å². The quantitative estimate of drug-likeness (QED) is 0.569. The Hall–Kier alpha value is -1.80. The summed E-state index contributed by atoms with van der Waals surface area (Å²) in [6.45, 7) is 1.78. The van der Waals surface area contributed by atoms with E-state index in [4.69, 9.17) is 21.1 Å². The van der Waals surface area contributed by atoms with E-state index in [-0.39, 0.29) is 17.4 Å². The number of methoxy groups -OCH3 is 1. The molecule has 1 saturated heterocycles. The van der Waals surface area contributed by atoms with Crippen LogP contribution in [0, 0.1) is 5.82 Å². The minimum Gasteiger partial charge on any atom is -0.467 e. The molecule has 1 heterocycles. The van der Waals surface area contributed by atoms with E-state index in [9.17, 15) is 18.8 Å². The summed E-state index contributed by atoms with van der Waals surface area (Å²) < 4.78 is 22.8. The highest BCUT2D eigenvalue weighted by Gasteiger charge is 2.44. The summed E-state index contributed by atoms with van der Waals surface area (Å²) in [5.74, 6) is -2.09. The van der Waals surface area contributed by atoms with Crippen LogP contribution in [-0.2, 0) is 23.9 Å². The molecular weight excluding hydrogens is 373 g/mol. The van der Waals surface area contributed by atoms with Gasteiger partial charge in [-0.05, 0) is 19.1 Å². The van der Waals surface area contributed by atoms with E-state index in [0.717, 1.165) is 6.07 Å². The van der Waals surface area contributed by atoms with E-state index in [1.54, 1.807) is 6.92 Å². The van der Waals surface area contributed by atoms with Gasteiger partial charge in [-0.1, -0.05) is 17.7 Å². The maximum Gasteiger partial charge on any atom is 0.329 e. The molecule has 0 radical (unpaired) electrons. The fourth-order valence-electron chi connectivity index (χ4n) is 2.50. The zero-order valence-electron chi connectivity index (χ0n) is 13.7. The van der Waals surface area contributed by atoms with Crippen molar-refractivity contribution in [1.29, 1.82) is 0 Å². The lowest BCUT2D eigenvalue weighted by atomic mass is 10.1. The molecule has 0 spiro atoms. The second kappa shape index (κ2) is 8.53. The third kappa shape index (κ3) is 4.43. The molecule has 6 nitrogen and oxygen atoms in total. The van der Waals surface area contributed by atoms with Crippen LogP contribution in [0.2, 0.25) is 5.02 Å². The van der Waals surface area contributed by atoms with E-state index in [1.807, 2.05) is 0 Å². The second-order valence-corrected chi connectivity index (χ2v) is 6.69. The second-order valence-electron chi connectivity index (χ2n) is 5.17. The fourth-order valence-corrected chi connectivity index (χ4v) is 4.30. The molecule has 1 amide bonds. The number of carbonyl (C=O) groups is 3. The number of hydrogen-bond donors (Lipinski definition) is 0. The van der Waals surface area contributed by atoms with E-state index >= 15 is 0 Å². The molecule has 1 aromatic carbocycles. The Morgan fingerprint density at radius 1 is 1.40 bits per heavy atom. The van der Waals surface area contributed by atoms with Gasteiger partial charge in [0.2, 0.25) is 5.91 Å². The van der Waals surface area contributed by atoms with E-state index in [1.165, 1.54) is 35.9 Å². The molecule has 136 valence electrons. The monoisotopic (exact) mass is 389 g/mol. The number of amides is 1. The van der Waals surface area contributed by atoms with Crippen molar-refractivity contribution in [2.24, 2.45) is 0 Å². The van der Waals surface area contributed by atoms with Gasteiger partial charge in [0.05, 0.1) is 13.7 Å². The van der Waals surface area contributed by atoms with Crippen LogP contribution in [0.3, 0.4) is 0 Å². The van der Waals surface area contributed by atoms with Gasteiger partial charge < -0.3 is 14.4 Å². The SMILES string of the molecule is CCOC(=O)CC(=O)N1C(c2ccc(F)cc2Cl)SC[C@@H]1C(=O)OC. The summed E-state index contributed by atoms with van der Waals surface area (Å²) in [4.78, 5) is 37.5. The molecule has 0 bridgehead atoms. The Bertz CT molecular complexity index is 686. The minimum atomic E-state index is -0.858. The Labute approximate surface area is 153 Å². The number of halogens is 2. The number of thioether (sulfide) groups is 1. The summed E-state index contributed by atoms with van der Waals surface area (Å²) in [5, 5.41) is -0.490. The van der Waals surface area contributed by atoms with Crippen molar-refractivity contribution >= 4 is 41.2 Å². The molecule has 0 aromatic heterocycles. The molecule has 0 saturated carbocycles. The van der Waals surface area contributed by atoms with Crippen molar-refractivity contribution in [3.05, 3.63) is 34.6 Å². The highest BCUT2D eigenvalue weighted by molar-refractivity contribution is 7.99. The van der Waals surface area contributed by atoms with Crippen LogP contribution in [0.4, 0.5) is 4.39 Å². The maximum atomic E-state index is 13.3. The molecule has 1 fully saturated rings. The summed E-state index contributed by atoms with van der Waals surface area (Å²) in [6.07, 6.45) is -0.503. The molecule has 1 aromatic rings. The Morgan fingerprint density at radius 2 is 2.12 bits per heavy atom. The van der Waals surface area contributed by atoms with Crippen molar-refractivity contribution in [3.8, 4) is 0 Å². The van der Waals surface area contributed by atoms with Crippen LogP contribution in [0.25, 0.3) is 0 Å². The van der Waals surface area contributed by atoms with Gasteiger partial charge in [-0.2, -0.15) is 0 Å². The largest absolute Gasteiger partial charge is 0.467 e. The van der Waals surface area contributed by atoms with Gasteiger partial charge in [0.25, 0.3) is 0 Å². The summed E-state index contributed by atoms with van der Waals surface area (Å²) in [5.41, 5.74) is 0.483. The molecule has 9 heteroatoms. The lowest BCUT2D eigenvalue weighted by molar-refractivity contribution is -0.156. The number of rotatable bonds is 5. The molecule has 1 aliphatic heterocycles. The normalized spacial score (nSPS) is 19.6. The number of benzene rings is 1. The lowest BCUT2D eigenvalue weighted by Gasteiger charge is -2.28. The first kappa shape index (κ1) is 19.5. The predicted octanol–water partition coefficient (Wildman–Crippen LogP) is 2.55. The summed E-state index contributed by atoms with van der Waals surface area (Å²) in [7, 11) is 1.22. The zero-order valence-corrected chi connectivity index (χ0v) is 15.2. The van der Waals surface area contributed by atoms with Crippen molar-refractivity contribution < 1.29 is 28.2 Å². The molecule has 0 aliphatic carbocycles. The van der Waals surface area contributed by atoms with Crippen LogP contribution in [0.1, 0.15) is 24.3 Å². The summed E-state index contributed by atoms with van der Waals surface area (Å²) >= 11 is 7.39. The molecule has 1 aliphatic rings. The fraction of sp³-hybridized carbons (Fsp3) is 0.438. The third-order valence-corrected chi connectivity index (χ3v) is 5.22. The van der Waals surface area contributed by atoms with Crippen LogP contribution in [0.5, 0.6) is 0 Å². The highest BCUT2D eigenvalue weighted by Crippen LogP contribution is 2.44. The van der Waals surface area contributed by atoms with Crippen LogP contribution in [0.15, 0.2) is 18.2 Å². The third-order valence-electron chi connectivity index (χ3n) is 3.59.